The molecule has 3 rings (SSSR count). The molecule has 128 valence electrons. The van der Waals surface area contributed by atoms with Crippen LogP contribution in [0.1, 0.15) is 28.7 Å². The second-order valence-corrected chi connectivity index (χ2v) is 5.55. The summed E-state index contributed by atoms with van der Waals surface area (Å²) in [5.74, 6) is -0.506. The van der Waals surface area contributed by atoms with Crippen molar-refractivity contribution in [2.75, 3.05) is 0 Å². The van der Waals surface area contributed by atoms with Gasteiger partial charge in [0.05, 0.1) is 10.9 Å². The molecule has 0 saturated heterocycles. The van der Waals surface area contributed by atoms with Crippen molar-refractivity contribution < 1.29 is 14.4 Å². The van der Waals surface area contributed by atoms with Gasteiger partial charge in [0.2, 0.25) is 0 Å². The van der Waals surface area contributed by atoms with Crippen LogP contribution in [0.5, 0.6) is 0 Å². The maximum absolute atomic E-state index is 13.4. The summed E-state index contributed by atoms with van der Waals surface area (Å²) >= 11 is 0. The van der Waals surface area contributed by atoms with Crippen LogP contribution in [0, 0.1) is 5.82 Å². The first kappa shape index (κ1) is 16.8. The molecule has 0 spiro atoms. The van der Waals surface area contributed by atoms with Gasteiger partial charge in [0.1, 0.15) is 11.6 Å². The average Bonchev–Trinajstić information content (AvgIpc) is 2.63. The van der Waals surface area contributed by atoms with E-state index in [1.54, 1.807) is 29.7 Å². The number of nitrogens with zero attached hydrogens (tertiary/aromatic N) is 2. The zero-order chi connectivity index (χ0) is 18.0. The minimum absolute atomic E-state index is 0.251. The molecule has 1 heterocycles. The zero-order valence-electron chi connectivity index (χ0n) is 13.5. The fourth-order valence-corrected chi connectivity index (χ4v) is 2.72. The van der Waals surface area contributed by atoms with E-state index in [9.17, 15) is 14.0 Å². The maximum Gasteiger partial charge on any atom is 0.274 e. The van der Waals surface area contributed by atoms with Crippen molar-refractivity contribution in [2.45, 2.75) is 19.9 Å². The van der Waals surface area contributed by atoms with Crippen LogP contribution in [-0.4, -0.2) is 20.7 Å². The Morgan fingerprint density at radius 3 is 2.60 bits per heavy atom. The van der Waals surface area contributed by atoms with Crippen molar-refractivity contribution in [2.24, 2.45) is 0 Å². The fourth-order valence-electron chi connectivity index (χ4n) is 2.72. The second-order valence-electron chi connectivity index (χ2n) is 5.55. The van der Waals surface area contributed by atoms with Crippen molar-refractivity contribution in [3.05, 3.63) is 75.6 Å². The van der Waals surface area contributed by atoms with E-state index in [-0.39, 0.29) is 10.9 Å². The van der Waals surface area contributed by atoms with E-state index in [1.807, 2.05) is 6.92 Å². The summed E-state index contributed by atoms with van der Waals surface area (Å²) in [7, 11) is 0. The SMILES string of the molecule is CCn1c(Cc2ccc(C(=O)NO)cc2)nc2ccc(F)cc2c1=O. The fraction of sp³-hybridized carbons (Fsp3) is 0.167. The molecule has 1 aromatic heterocycles. The van der Waals surface area contributed by atoms with E-state index in [0.717, 1.165) is 5.56 Å². The lowest BCUT2D eigenvalue weighted by Crippen LogP contribution is -2.25. The number of rotatable bonds is 4. The van der Waals surface area contributed by atoms with E-state index in [2.05, 4.69) is 4.98 Å². The van der Waals surface area contributed by atoms with Crippen molar-refractivity contribution in [3.8, 4) is 0 Å². The number of carbonyl (C=O) groups excluding carboxylic acids is 1. The molecule has 0 radical (unpaired) electrons. The standard InChI is InChI=1S/C18H16FN3O3/c1-2-22-16(9-11-3-5-12(6-4-11)17(23)21-25)20-15-8-7-13(19)10-14(15)18(22)24/h3-8,10,25H,2,9H2,1H3,(H,21,23). The molecule has 0 fully saturated rings. The van der Waals surface area contributed by atoms with Gasteiger partial charge in [-0.2, -0.15) is 0 Å². The number of nitrogens with one attached hydrogen (secondary N) is 1. The quantitative estimate of drug-likeness (QED) is 0.563. The van der Waals surface area contributed by atoms with Crippen molar-refractivity contribution in [3.63, 3.8) is 0 Å². The molecule has 7 heteroatoms. The lowest BCUT2D eigenvalue weighted by atomic mass is 10.1. The number of carbonyl (C=O) groups is 1. The third-order valence-electron chi connectivity index (χ3n) is 3.99. The van der Waals surface area contributed by atoms with Crippen LogP contribution in [0.25, 0.3) is 10.9 Å². The van der Waals surface area contributed by atoms with Crippen LogP contribution in [0.15, 0.2) is 47.3 Å². The second kappa shape index (κ2) is 6.82. The highest BCUT2D eigenvalue weighted by atomic mass is 19.1. The third kappa shape index (κ3) is 3.27. The zero-order valence-corrected chi connectivity index (χ0v) is 13.5. The van der Waals surface area contributed by atoms with Gasteiger partial charge in [-0.3, -0.25) is 19.4 Å². The average molecular weight is 341 g/mol. The van der Waals surface area contributed by atoms with Gasteiger partial charge in [0.25, 0.3) is 11.5 Å². The van der Waals surface area contributed by atoms with Crippen LogP contribution in [-0.2, 0) is 13.0 Å². The maximum atomic E-state index is 13.4. The summed E-state index contributed by atoms with van der Waals surface area (Å²) in [6.45, 7) is 2.24. The van der Waals surface area contributed by atoms with Crippen LogP contribution in [0.3, 0.4) is 0 Å². The number of amides is 1. The molecule has 6 nitrogen and oxygen atoms in total. The lowest BCUT2D eigenvalue weighted by molar-refractivity contribution is 0.0706. The predicted octanol–water partition coefficient (Wildman–Crippen LogP) is 2.27. The van der Waals surface area contributed by atoms with Gasteiger partial charge in [-0.1, -0.05) is 12.1 Å². The Morgan fingerprint density at radius 1 is 1.24 bits per heavy atom. The highest BCUT2D eigenvalue weighted by molar-refractivity contribution is 5.93. The van der Waals surface area contributed by atoms with Gasteiger partial charge < -0.3 is 0 Å². The molecule has 1 amide bonds. The molecule has 0 aliphatic heterocycles. The lowest BCUT2D eigenvalue weighted by Gasteiger charge is -2.12. The van der Waals surface area contributed by atoms with E-state index < -0.39 is 11.7 Å². The molecule has 0 aliphatic rings. The summed E-state index contributed by atoms with van der Waals surface area (Å²) in [6.07, 6.45) is 0.386. The Bertz CT molecular complexity index is 997. The van der Waals surface area contributed by atoms with Crippen LogP contribution < -0.4 is 11.0 Å². The highest BCUT2D eigenvalue weighted by Gasteiger charge is 2.12. The molecule has 2 aromatic carbocycles. The summed E-state index contributed by atoms with van der Waals surface area (Å²) in [5.41, 5.74) is 2.91. The Hall–Kier alpha value is -3.06. The molecule has 0 bridgehead atoms. The van der Waals surface area contributed by atoms with Gasteiger partial charge >= 0.3 is 0 Å². The minimum Gasteiger partial charge on any atom is -0.296 e. The smallest absolute Gasteiger partial charge is 0.274 e. The topological polar surface area (TPSA) is 84.2 Å². The first-order chi connectivity index (χ1) is 12.0. The molecule has 0 saturated carbocycles. The molecule has 25 heavy (non-hydrogen) atoms. The number of benzene rings is 2. The molecule has 3 aromatic rings. The number of hydroxylamine groups is 1. The minimum atomic E-state index is -0.595. The monoisotopic (exact) mass is 341 g/mol. The van der Waals surface area contributed by atoms with Crippen LogP contribution in [0.2, 0.25) is 0 Å². The molecule has 2 N–H and O–H groups in total. The van der Waals surface area contributed by atoms with Crippen molar-refractivity contribution in [1.82, 2.24) is 15.0 Å². The van der Waals surface area contributed by atoms with E-state index in [1.165, 1.54) is 22.8 Å². The Labute approximate surface area is 142 Å². The van der Waals surface area contributed by atoms with Crippen LogP contribution in [0.4, 0.5) is 4.39 Å². The summed E-state index contributed by atoms with van der Waals surface area (Å²) < 4.78 is 14.9. The first-order valence-corrected chi connectivity index (χ1v) is 7.76. The van der Waals surface area contributed by atoms with Gasteiger partial charge in [0, 0.05) is 18.5 Å². The summed E-state index contributed by atoms with van der Waals surface area (Å²) in [4.78, 5) is 28.4. The normalized spacial score (nSPS) is 10.8. The number of hydrogen-bond acceptors (Lipinski definition) is 4. The highest BCUT2D eigenvalue weighted by Crippen LogP contribution is 2.14. The number of fused-ring (bicyclic) bond motifs is 1. The van der Waals surface area contributed by atoms with Gasteiger partial charge in [-0.15, -0.1) is 0 Å². The van der Waals surface area contributed by atoms with Crippen LogP contribution >= 0.6 is 0 Å². The summed E-state index contributed by atoms with van der Waals surface area (Å²) in [5, 5.41) is 8.89. The largest absolute Gasteiger partial charge is 0.296 e. The van der Waals surface area contributed by atoms with Crippen molar-refractivity contribution >= 4 is 16.8 Å². The Kier molecular flexibility index (Phi) is 4.58. The number of hydrogen-bond donors (Lipinski definition) is 2. The number of halogens is 1. The predicted molar refractivity (Wildman–Crippen MR) is 90.1 cm³/mol. The molecule has 0 atom stereocenters. The van der Waals surface area contributed by atoms with Gasteiger partial charge in [0.15, 0.2) is 0 Å². The third-order valence-corrected chi connectivity index (χ3v) is 3.99. The molecule has 0 aliphatic carbocycles. The Morgan fingerprint density at radius 2 is 1.96 bits per heavy atom. The van der Waals surface area contributed by atoms with E-state index >= 15 is 0 Å². The molecular formula is C18H16FN3O3. The van der Waals surface area contributed by atoms with Gasteiger partial charge in [-0.25, -0.2) is 14.9 Å². The Balaban J connectivity index is 2.02. The van der Waals surface area contributed by atoms with E-state index in [4.69, 9.17) is 5.21 Å². The van der Waals surface area contributed by atoms with Gasteiger partial charge in [-0.05, 0) is 42.8 Å². The molecule has 0 unspecified atom stereocenters. The molecular weight excluding hydrogens is 325 g/mol. The first-order valence-electron chi connectivity index (χ1n) is 7.76. The summed E-state index contributed by atoms with van der Waals surface area (Å²) in [6, 6.07) is 10.6. The van der Waals surface area contributed by atoms with Crippen molar-refractivity contribution in [1.29, 1.82) is 0 Å². The van der Waals surface area contributed by atoms with E-state index in [0.29, 0.717) is 29.9 Å². The number of aromatic nitrogens is 2.